The number of halogens is 1. The number of nitrogens with zero attached hydrogens (tertiary/aromatic N) is 6. The molecule has 0 bridgehead atoms. The molecule has 4 aromatic rings. The Labute approximate surface area is 179 Å². The molecule has 1 fully saturated rings. The molecular formula is C23H23FN6O. The molecule has 0 radical (unpaired) electrons. The lowest BCUT2D eigenvalue weighted by Gasteiger charge is -2.25. The lowest BCUT2D eigenvalue weighted by atomic mass is 9.93. The van der Waals surface area contributed by atoms with Crippen LogP contribution >= 0.6 is 0 Å². The fraction of sp³-hybridized carbons (Fsp3) is 0.304. The van der Waals surface area contributed by atoms with Crippen molar-refractivity contribution < 1.29 is 9.50 Å². The van der Waals surface area contributed by atoms with Crippen molar-refractivity contribution in [1.29, 1.82) is 0 Å². The van der Waals surface area contributed by atoms with Crippen LogP contribution in [0, 0.1) is 5.82 Å². The Kier molecular flexibility index (Phi) is 5.07. The second kappa shape index (κ2) is 8.03. The summed E-state index contributed by atoms with van der Waals surface area (Å²) in [4.78, 5) is 8.83. The van der Waals surface area contributed by atoms with Crippen LogP contribution in [-0.2, 0) is 7.05 Å². The van der Waals surface area contributed by atoms with Gasteiger partial charge in [-0.25, -0.2) is 14.4 Å². The Bertz CT molecular complexity index is 1190. The summed E-state index contributed by atoms with van der Waals surface area (Å²) in [7, 11) is 1.84. The maximum atomic E-state index is 14.5. The molecule has 3 aromatic heterocycles. The maximum absolute atomic E-state index is 14.5. The number of aromatic nitrogens is 6. The first-order valence-electron chi connectivity index (χ1n) is 10.4. The van der Waals surface area contributed by atoms with Crippen LogP contribution in [0.3, 0.4) is 0 Å². The predicted molar refractivity (Wildman–Crippen MR) is 114 cm³/mol. The third kappa shape index (κ3) is 3.98. The Balaban J connectivity index is 1.38. The molecule has 31 heavy (non-hydrogen) atoms. The van der Waals surface area contributed by atoms with Gasteiger partial charge in [0.25, 0.3) is 0 Å². The van der Waals surface area contributed by atoms with Crippen molar-refractivity contribution in [2.24, 2.45) is 7.05 Å². The summed E-state index contributed by atoms with van der Waals surface area (Å²) >= 11 is 0. The summed E-state index contributed by atoms with van der Waals surface area (Å²) in [5.41, 5.74) is 3.86. The Morgan fingerprint density at radius 1 is 0.871 bits per heavy atom. The van der Waals surface area contributed by atoms with Gasteiger partial charge in [0.2, 0.25) is 0 Å². The Morgan fingerprint density at radius 2 is 1.58 bits per heavy atom. The van der Waals surface area contributed by atoms with E-state index in [-0.39, 0.29) is 11.9 Å². The minimum absolute atomic E-state index is 0.190. The zero-order chi connectivity index (χ0) is 21.4. The lowest BCUT2D eigenvalue weighted by Crippen LogP contribution is -2.21. The SMILES string of the molecule is Cn1cc(-c2ccc(F)c(-c3ncc(-c4cnn(C5CCC(O)CC5)c4)cn3)c2)cn1. The van der Waals surface area contributed by atoms with Crippen LogP contribution in [0.25, 0.3) is 33.6 Å². The number of hydrogen-bond donors (Lipinski definition) is 1. The van der Waals surface area contributed by atoms with Crippen molar-refractivity contribution in [2.75, 3.05) is 0 Å². The number of aliphatic hydroxyl groups is 1. The first-order valence-corrected chi connectivity index (χ1v) is 10.4. The van der Waals surface area contributed by atoms with Gasteiger partial charge in [0.1, 0.15) is 5.82 Å². The van der Waals surface area contributed by atoms with E-state index >= 15 is 0 Å². The molecule has 7 nitrogen and oxygen atoms in total. The van der Waals surface area contributed by atoms with Crippen LogP contribution in [-0.4, -0.2) is 40.7 Å². The van der Waals surface area contributed by atoms with Crippen LogP contribution < -0.4 is 0 Å². The van der Waals surface area contributed by atoms with E-state index < -0.39 is 0 Å². The minimum Gasteiger partial charge on any atom is -0.393 e. The molecule has 0 saturated heterocycles. The van der Waals surface area contributed by atoms with Gasteiger partial charge in [0.15, 0.2) is 5.82 Å². The van der Waals surface area contributed by atoms with Crippen LogP contribution in [0.2, 0.25) is 0 Å². The molecule has 1 saturated carbocycles. The van der Waals surface area contributed by atoms with Gasteiger partial charge in [0.05, 0.1) is 30.1 Å². The average molecular weight is 418 g/mol. The molecule has 0 aliphatic heterocycles. The van der Waals surface area contributed by atoms with Crippen molar-refractivity contribution in [3.8, 4) is 33.6 Å². The summed E-state index contributed by atoms with van der Waals surface area (Å²) in [6, 6.07) is 5.21. The largest absolute Gasteiger partial charge is 0.393 e. The van der Waals surface area contributed by atoms with E-state index in [4.69, 9.17) is 0 Å². The summed E-state index contributed by atoms with van der Waals surface area (Å²) in [5, 5.41) is 18.4. The van der Waals surface area contributed by atoms with Gasteiger partial charge in [-0.1, -0.05) is 6.07 Å². The molecule has 3 heterocycles. The third-order valence-electron chi connectivity index (χ3n) is 5.87. The van der Waals surface area contributed by atoms with Crippen LogP contribution in [0.5, 0.6) is 0 Å². The summed E-state index contributed by atoms with van der Waals surface area (Å²) in [6.45, 7) is 0. The molecular weight excluding hydrogens is 395 g/mol. The molecule has 1 aromatic carbocycles. The third-order valence-corrected chi connectivity index (χ3v) is 5.87. The number of rotatable bonds is 4. The number of aliphatic hydroxyl groups excluding tert-OH is 1. The highest BCUT2D eigenvalue weighted by Gasteiger charge is 2.21. The molecule has 1 aliphatic rings. The number of hydrogen-bond acceptors (Lipinski definition) is 5. The quantitative estimate of drug-likeness (QED) is 0.541. The zero-order valence-corrected chi connectivity index (χ0v) is 17.2. The van der Waals surface area contributed by atoms with Crippen molar-refractivity contribution in [3.05, 3.63) is 61.2 Å². The highest BCUT2D eigenvalue weighted by atomic mass is 19.1. The summed E-state index contributed by atoms with van der Waals surface area (Å²) < 4.78 is 18.2. The Morgan fingerprint density at radius 3 is 2.29 bits per heavy atom. The summed E-state index contributed by atoms with van der Waals surface area (Å²) in [5.74, 6) is -0.0339. The molecule has 0 atom stereocenters. The monoisotopic (exact) mass is 418 g/mol. The smallest absolute Gasteiger partial charge is 0.162 e. The van der Waals surface area contributed by atoms with E-state index in [1.807, 2.05) is 24.1 Å². The molecule has 0 amide bonds. The molecule has 0 unspecified atom stereocenters. The molecule has 1 N–H and O–H groups in total. The fourth-order valence-corrected chi connectivity index (χ4v) is 4.07. The first-order chi connectivity index (χ1) is 15.1. The predicted octanol–water partition coefficient (Wildman–Crippen LogP) is 4.02. The van der Waals surface area contributed by atoms with Gasteiger partial charge in [0, 0.05) is 48.5 Å². The standard InChI is InChI=1S/C23H23FN6O/c1-29-13-17(11-27-29)15-2-7-22(24)21(8-15)23-25-9-16(10-26-23)18-12-28-30(14-18)19-3-5-20(31)6-4-19/h2,7-14,19-20,31H,3-6H2,1H3. The van der Waals surface area contributed by atoms with E-state index in [2.05, 4.69) is 20.2 Å². The van der Waals surface area contributed by atoms with Gasteiger partial charge in [-0.15, -0.1) is 0 Å². The van der Waals surface area contributed by atoms with Crippen molar-refractivity contribution in [2.45, 2.75) is 37.8 Å². The molecule has 158 valence electrons. The number of benzene rings is 1. The molecule has 8 heteroatoms. The topological polar surface area (TPSA) is 81.7 Å². The molecule has 5 rings (SSSR count). The van der Waals surface area contributed by atoms with Crippen molar-refractivity contribution in [1.82, 2.24) is 29.5 Å². The summed E-state index contributed by atoms with van der Waals surface area (Å²) in [6.07, 6.45) is 14.1. The highest BCUT2D eigenvalue weighted by molar-refractivity contribution is 5.70. The normalized spacial score (nSPS) is 18.9. The van der Waals surface area contributed by atoms with Gasteiger partial charge < -0.3 is 5.11 Å². The average Bonchev–Trinajstić information content (AvgIpc) is 3.44. The second-order valence-corrected chi connectivity index (χ2v) is 8.06. The van der Waals surface area contributed by atoms with E-state index in [0.717, 1.165) is 47.9 Å². The first kappa shape index (κ1) is 19.6. The number of aryl methyl sites for hydroxylation is 1. The fourth-order valence-electron chi connectivity index (χ4n) is 4.07. The molecule has 0 spiro atoms. The maximum Gasteiger partial charge on any atom is 0.162 e. The van der Waals surface area contributed by atoms with E-state index in [9.17, 15) is 9.50 Å². The zero-order valence-electron chi connectivity index (χ0n) is 17.2. The van der Waals surface area contributed by atoms with Crippen LogP contribution in [0.4, 0.5) is 4.39 Å². The van der Waals surface area contributed by atoms with E-state index in [1.165, 1.54) is 6.07 Å². The minimum atomic E-state index is -0.368. The highest BCUT2D eigenvalue weighted by Crippen LogP contribution is 2.30. The van der Waals surface area contributed by atoms with Crippen LogP contribution in [0.1, 0.15) is 31.7 Å². The molecule has 1 aliphatic carbocycles. The lowest BCUT2D eigenvalue weighted by molar-refractivity contribution is 0.108. The Hall–Kier alpha value is -3.39. The second-order valence-electron chi connectivity index (χ2n) is 8.06. The van der Waals surface area contributed by atoms with Crippen LogP contribution in [0.15, 0.2) is 55.4 Å². The van der Waals surface area contributed by atoms with E-state index in [0.29, 0.717) is 17.4 Å². The van der Waals surface area contributed by atoms with E-state index in [1.54, 1.807) is 41.6 Å². The van der Waals surface area contributed by atoms with Gasteiger partial charge in [-0.2, -0.15) is 10.2 Å². The van der Waals surface area contributed by atoms with Gasteiger partial charge >= 0.3 is 0 Å². The van der Waals surface area contributed by atoms with Gasteiger partial charge in [-0.05, 0) is 43.4 Å². The van der Waals surface area contributed by atoms with Crippen molar-refractivity contribution in [3.63, 3.8) is 0 Å². The van der Waals surface area contributed by atoms with Crippen molar-refractivity contribution >= 4 is 0 Å². The van der Waals surface area contributed by atoms with Gasteiger partial charge in [-0.3, -0.25) is 9.36 Å².